The lowest BCUT2D eigenvalue weighted by Crippen LogP contribution is -2.62. The van der Waals surface area contributed by atoms with Crippen molar-refractivity contribution < 1.29 is 83.9 Å². The van der Waals surface area contributed by atoms with E-state index in [2.05, 4.69) is 0 Å². The Morgan fingerprint density at radius 2 is 1.53 bits per heavy atom. The molecular weight excluding hydrogens is 632 g/mol. The topological polar surface area (TPSA) is 264 Å². The number of carbonyl (C=O) groups excluding carboxylic acids is 1. The predicted octanol–water partition coefficient (Wildman–Crippen LogP) is -2.17. The van der Waals surface area contributed by atoms with Crippen molar-refractivity contribution in [2.75, 3.05) is 26.9 Å². The fourth-order valence-electron chi connectivity index (χ4n) is 5.55. The Morgan fingerprint density at radius 1 is 0.830 bits per heavy atom. The Morgan fingerprint density at radius 3 is 2.21 bits per heavy atom. The molecule has 0 aromatic heterocycles. The molecule has 2 fully saturated rings. The van der Waals surface area contributed by atoms with Gasteiger partial charge in [0.05, 0.1) is 26.4 Å². The number of rotatable bonds is 10. The van der Waals surface area contributed by atoms with Crippen LogP contribution in [0.2, 0.25) is 0 Å². The maximum atomic E-state index is 13.9. The number of ketones is 1. The quantitative estimate of drug-likeness (QED) is 0.130. The van der Waals surface area contributed by atoms with Crippen molar-refractivity contribution in [3.8, 4) is 28.7 Å². The van der Waals surface area contributed by atoms with Gasteiger partial charge < -0.3 is 79.1 Å². The number of phenols is 2. The molecule has 0 aliphatic carbocycles. The predicted molar refractivity (Wildman–Crippen MR) is 153 cm³/mol. The number of ether oxygens (including phenoxy) is 7. The van der Waals surface area contributed by atoms with Crippen LogP contribution in [0.15, 0.2) is 30.3 Å². The molecule has 0 radical (unpaired) electrons. The molecule has 3 heterocycles. The average molecular weight is 671 g/mol. The van der Waals surface area contributed by atoms with Crippen LogP contribution in [0, 0.1) is 0 Å². The Hall–Kier alpha value is -3.33. The summed E-state index contributed by atoms with van der Waals surface area (Å²) in [7, 11) is 1.34. The standard InChI is InChI=1S/C30H38O17/c1-11-20(34)23(37)25(39)29(44-11)43-10-18-21(35)24(38)26(40)30(46-18)47-28-22(36)19-15(33)8-13(42-6-5-31)9-17(19)45-27(28)12-3-4-16(41-2)14(32)7-12/h3-4,7-9,11,18,20-21,23-35,37-40H,5-6,10H2,1-2H3/t11-,18-,20-,21-,23+,24+,25+,26-,27?,28?,29+,30+/m0/s1. The molecule has 260 valence electrons. The molecule has 2 aromatic carbocycles. The highest BCUT2D eigenvalue weighted by molar-refractivity contribution is 6.05. The molecule has 0 saturated carbocycles. The van der Waals surface area contributed by atoms with Gasteiger partial charge in [0, 0.05) is 12.1 Å². The van der Waals surface area contributed by atoms with E-state index in [-0.39, 0.29) is 47.3 Å². The summed E-state index contributed by atoms with van der Waals surface area (Å²) in [5, 5.41) is 92.7. The van der Waals surface area contributed by atoms with Crippen molar-refractivity contribution in [3.63, 3.8) is 0 Å². The van der Waals surface area contributed by atoms with E-state index in [1.807, 2.05) is 0 Å². The minimum absolute atomic E-state index is 0.0771. The van der Waals surface area contributed by atoms with E-state index < -0.39 is 91.8 Å². The molecule has 17 nitrogen and oxygen atoms in total. The fraction of sp³-hybridized carbons (Fsp3) is 0.567. The lowest BCUT2D eigenvalue weighted by molar-refractivity contribution is -0.333. The summed E-state index contributed by atoms with van der Waals surface area (Å²) in [6, 6.07) is 6.57. The zero-order valence-corrected chi connectivity index (χ0v) is 25.2. The van der Waals surface area contributed by atoms with Gasteiger partial charge in [-0.05, 0) is 24.6 Å². The zero-order valence-electron chi connectivity index (χ0n) is 25.2. The summed E-state index contributed by atoms with van der Waals surface area (Å²) < 4.78 is 39.1. The number of aliphatic hydroxyl groups excluding tert-OH is 7. The van der Waals surface area contributed by atoms with Crippen molar-refractivity contribution in [2.45, 2.75) is 80.5 Å². The molecule has 2 unspecified atom stereocenters. The van der Waals surface area contributed by atoms with Gasteiger partial charge in [-0.25, -0.2) is 0 Å². The molecule has 2 aromatic rings. The number of Topliss-reactive ketones (excluding diaryl/α,β-unsaturated/α-hetero) is 1. The van der Waals surface area contributed by atoms with E-state index in [1.165, 1.54) is 38.3 Å². The minimum Gasteiger partial charge on any atom is -0.507 e. The van der Waals surface area contributed by atoms with E-state index >= 15 is 0 Å². The second-order valence-electron chi connectivity index (χ2n) is 11.3. The Balaban J connectivity index is 1.42. The van der Waals surface area contributed by atoms with Crippen molar-refractivity contribution in [3.05, 3.63) is 41.5 Å². The van der Waals surface area contributed by atoms with Gasteiger partial charge in [0.1, 0.15) is 72.1 Å². The first-order chi connectivity index (χ1) is 22.4. The maximum Gasteiger partial charge on any atom is 0.203 e. The first kappa shape index (κ1) is 35.0. The van der Waals surface area contributed by atoms with Crippen molar-refractivity contribution in [1.29, 1.82) is 0 Å². The molecule has 17 heteroatoms. The third-order valence-electron chi connectivity index (χ3n) is 8.16. The van der Waals surface area contributed by atoms with E-state index in [0.29, 0.717) is 0 Å². The third kappa shape index (κ3) is 6.96. The number of aliphatic hydroxyl groups is 7. The van der Waals surface area contributed by atoms with Gasteiger partial charge in [-0.2, -0.15) is 0 Å². The second kappa shape index (κ2) is 14.4. The normalized spacial score (nSPS) is 35.6. The van der Waals surface area contributed by atoms with Gasteiger partial charge in [-0.1, -0.05) is 6.07 Å². The van der Waals surface area contributed by atoms with Crippen LogP contribution in [0.4, 0.5) is 0 Å². The van der Waals surface area contributed by atoms with E-state index in [0.717, 1.165) is 6.07 Å². The number of fused-ring (bicyclic) bond motifs is 1. The largest absolute Gasteiger partial charge is 0.507 e. The monoisotopic (exact) mass is 670 g/mol. The summed E-state index contributed by atoms with van der Waals surface area (Å²) in [4.78, 5) is 13.9. The van der Waals surface area contributed by atoms with Crippen molar-refractivity contribution in [1.82, 2.24) is 0 Å². The lowest BCUT2D eigenvalue weighted by Gasteiger charge is -2.44. The van der Waals surface area contributed by atoms with Crippen LogP contribution in [-0.2, 0) is 18.9 Å². The molecule has 47 heavy (non-hydrogen) atoms. The Kier molecular flexibility index (Phi) is 10.7. The van der Waals surface area contributed by atoms with Gasteiger partial charge in [0.2, 0.25) is 5.78 Å². The average Bonchev–Trinajstić information content (AvgIpc) is 3.05. The summed E-state index contributed by atoms with van der Waals surface area (Å²) in [5.74, 6) is -1.64. The van der Waals surface area contributed by atoms with Gasteiger partial charge in [0.25, 0.3) is 0 Å². The van der Waals surface area contributed by atoms with Crippen LogP contribution in [0.5, 0.6) is 28.7 Å². The molecule has 3 aliphatic rings. The van der Waals surface area contributed by atoms with Crippen molar-refractivity contribution in [2.24, 2.45) is 0 Å². The molecule has 5 rings (SSSR count). The Bertz CT molecular complexity index is 1400. The van der Waals surface area contributed by atoms with Crippen LogP contribution in [-0.4, -0.2) is 146 Å². The molecule has 3 aliphatic heterocycles. The van der Waals surface area contributed by atoms with E-state index in [4.69, 9.17) is 38.3 Å². The van der Waals surface area contributed by atoms with E-state index in [1.54, 1.807) is 0 Å². The summed E-state index contributed by atoms with van der Waals surface area (Å²) in [5.41, 5.74) is -0.123. The first-order valence-corrected chi connectivity index (χ1v) is 14.7. The molecule has 2 saturated heterocycles. The number of benzene rings is 2. The van der Waals surface area contributed by atoms with Gasteiger partial charge in [0.15, 0.2) is 36.3 Å². The second-order valence-corrected chi connectivity index (χ2v) is 11.3. The van der Waals surface area contributed by atoms with Crippen molar-refractivity contribution >= 4 is 5.78 Å². The first-order valence-electron chi connectivity index (χ1n) is 14.7. The smallest absolute Gasteiger partial charge is 0.203 e. The SMILES string of the molecule is COc1ccc(C2Oc3cc(OCCO)cc(O)c3C(=O)C2O[C@H]2O[C@@H](CO[C@@H]3O[C@@H](C)[C@H](O)[C@@H](O)[C@H]3O)[C@H](O)[C@@H](O)[C@@H]2O)cc1O. The Labute approximate surface area is 267 Å². The number of carbonyl (C=O) groups is 1. The highest BCUT2D eigenvalue weighted by Gasteiger charge is 2.50. The van der Waals surface area contributed by atoms with Gasteiger partial charge in [-0.15, -0.1) is 0 Å². The minimum atomic E-state index is -1.92. The number of hydrogen-bond acceptors (Lipinski definition) is 17. The number of hydrogen-bond donors (Lipinski definition) is 9. The number of phenolic OH excluding ortho intramolecular Hbond substituents is 2. The fourth-order valence-corrected chi connectivity index (χ4v) is 5.55. The van der Waals surface area contributed by atoms with Gasteiger partial charge in [-0.3, -0.25) is 4.79 Å². The van der Waals surface area contributed by atoms with Crippen LogP contribution < -0.4 is 14.2 Å². The maximum absolute atomic E-state index is 13.9. The summed E-state index contributed by atoms with van der Waals surface area (Å²) in [6.45, 7) is 0.424. The van der Waals surface area contributed by atoms with Gasteiger partial charge >= 0.3 is 0 Å². The summed E-state index contributed by atoms with van der Waals surface area (Å²) in [6.07, 6.45) is -18.9. The lowest BCUT2D eigenvalue weighted by atomic mass is 9.92. The molecule has 0 spiro atoms. The number of aromatic hydroxyl groups is 2. The highest BCUT2D eigenvalue weighted by atomic mass is 16.7. The highest BCUT2D eigenvalue weighted by Crippen LogP contribution is 2.45. The molecule has 12 atom stereocenters. The number of methoxy groups -OCH3 is 1. The molecular formula is C30H38O17. The van der Waals surface area contributed by atoms with Crippen LogP contribution in [0.25, 0.3) is 0 Å². The molecule has 9 N–H and O–H groups in total. The molecule has 0 bridgehead atoms. The third-order valence-corrected chi connectivity index (χ3v) is 8.16. The summed E-state index contributed by atoms with van der Waals surface area (Å²) >= 11 is 0. The van der Waals surface area contributed by atoms with E-state index in [9.17, 15) is 45.6 Å². The zero-order chi connectivity index (χ0) is 34.2. The van der Waals surface area contributed by atoms with Crippen LogP contribution in [0.1, 0.15) is 28.9 Å². The van der Waals surface area contributed by atoms with Crippen LogP contribution >= 0.6 is 0 Å². The van der Waals surface area contributed by atoms with Crippen LogP contribution in [0.3, 0.4) is 0 Å². The molecule has 0 amide bonds.